The Morgan fingerprint density at radius 3 is 2.55 bits per heavy atom. The van der Waals surface area contributed by atoms with Crippen LogP contribution in [0.4, 0.5) is 13.2 Å². The van der Waals surface area contributed by atoms with E-state index < -0.39 is 29.3 Å². The third-order valence-electron chi connectivity index (χ3n) is 3.96. The average Bonchev–Trinajstić information content (AvgIpc) is 3.22. The van der Waals surface area contributed by atoms with E-state index in [9.17, 15) is 22.8 Å². The zero-order valence-electron chi connectivity index (χ0n) is 11.7. The van der Waals surface area contributed by atoms with Gasteiger partial charge in [0.15, 0.2) is 0 Å². The third kappa shape index (κ3) is 2.93. The zero-order valence-corrected chi connectivity index (χ0v) is 11.7. The SMILES string of the molecule is O=C(NC1CC(=O)N(C2CC2)C1)c1ccccc1C(F)(F)F. The van der Waals surface area contributed by atoms with E-state index in [-0.39, 0.29) is 18.4 Å². The van der Waals surface area contributed by atoms with Gasteiger partial charge in [-0.2, -0.15) is 13.2 Å². The lowest BCUT2D eigenvalue weighted by Gasteiger charge is -2.17. The number of amides is 2. The van der Waals surface area contributed by atoms with E-state index in [0.717, 1.165) is 25.0 Å². The number of hydrogen-bond acceptors (Lipinski definition) is 2. The summed E-state index contributed by atoms with van der Waals surface area (Å²) in [5, 5.41) is 2.55. The first-order valence-corrected chi connectivity index (χ1v) is 7.13. The molecule has 2 amide bonds. The minimum Gasteiger partial charge on any atom is -0.347 e. The van der Waals surface area contributed by atoms with E-state index in [4.69, 9.17) is 0 Å². The molecule has 1 heterocycles. The van der Waals surface area contributed by atoms with Gasteiger partial charge in [0.1, 0.15) is 0 Å². The molecule has 1 aromatic carbocycles. The van der Waals surface area contributed by atoms with Gasteiger partial charge in [-0.15, -0.1) is 0 Å². The van der Waals surface area contributed by atoms with Gasteiger partial charge >= 0.3 is 6.18 Å². The van der Waals surface area contributed by atoms with Gasteiger partial charge in [-0.1, -0.05) is 12.1 Å². The zero-order chi connectivity index (χ0) is 15.9. The quantitative estimate of drug-likeness (QED) is 0.930. The molecule has 22 heavy (non-hydrogen) atoms. The van der Waals surface area contributed by atoms with E-state index >= 15 is 0 Å². The summed E-state index contributed by atoms with van der Waals surface area (Å²) in [5.41, 5.74) is -1.37. The number of rotatable bonds is 3. The molecule has 1 unspecified atom stereocenters. The van der Waals surface area contributed by atoms with Crippen LogP contribution in [0.2, 0.25) is 0 Å². The first kappa shape index (κ1) is 14.9. The molecule has 1 aromatic rings. The van der Waals surface area contributed by atoms with Crippen LogP contribution in [0.1, 0.15) is 35.2 Å². The number of nitrogens with one attached hydrogen (secondary N) is 1. The van der Waals surface area contributed by atoms with Gasteiger partial charge in [-0.25, -0.2) is 0 Å². The lowest BCUT2D eigenvalue weighted by atomic mass is 10.1. The Balaban J connectivity index is 1.72. The monoisotopic (exact) mass is 312 g/mol. The van der Waals surface area contributed by atoms with Crippen LogP contribution in [-0.4, -0.2) is 35.3 Å². The standard InChI is InChI=1S/C15H15F3N2O2/c16-15(17,18)12-4-2-1-3-11(12)14(22)19-9-7-13(21)20(8-9)10-5-6-10/h1-4,9-10H,5-8H2,(H,19,22). The van der Waals surface area contributed by atoms with Crippen molar-refractivity contribution in [2.75, 3.05) is 6.54 Å². The predicted molar refractivity (Wildman–Crippen MR) is 72.1 cm³/mol. The van der Waals surface area contributed by atoms with Crippen molar-refractivity contribution in [2.24, 2.45) is 0 Å². The molecule has 2 aliphatic rings. The molecule has 7 heteroatoms. The molecule has 0 spiro atoms. The van der Waals surface area contributed by atoms with Crippen LogP contribution in [0.15, 0.2) is 24.3 Å². The number of benzene rings is 1. The molecule has 0 aromatic heterocycles. The molecule has 1 atom stereocenters. The number of carbonyl (C=O) groups is 2. The lowest BCUT2D eigenvalue weighted by molar-refractivity contribution is -0.138. The van der Waals surface area contributed by atoms with Gasteiger partial charge in [0.05, 0.1) is 17.2 Å². The normalized spacial score (nSPS) is 22.0. The van der Waals surface area contributed by atoms with Gasteiger partial charge in [0.25, 0.3) is 5.91 Å². The van der Waals surface area contributed by atoms with E-state index in [0.29, 0.717) is 6.54 Å². The fourth-order valence-corrected chi connectivity index (χ4v) is 2.76. The highest BCUT2D eigenvalue weighted by molar-refractivity contribution is 5.96. The maximum absolute atomic E-state index is 12.9. The molecule has 4 nitrogen and oxygen atoms in total. The second-order valence-corrected chi connectivity index (χ2v) is 5.70. The van der Waals surface area contributed by atoms with Crippen LogP contribution < -0.4 is 5.32 Å². The highest BCUT2D eigenvalue weighted by atomic mass is 19.4. The Hall–Kier alpha value is -2.05. The number of nitrogens with zero attached hydrogens (tertiary/aromatic N) is 1. The number of carbonyl (C=O) groups excluding carboxylic acids is 2. The molecule has 3 rings (SSSR count). The largest absolute Gasteiger partial charge is 0.417 e. The first-order chi connectivity index (χ1) is 10.4. The van der Waals surface area contributed by atoms with Crippen molar-refractivity contribution in [1.29, 1.82) is 0 Å². The van der Waals surface area contributed by atoms with Crippen LogP contribution in [0.3, 0.4) is 0 Å². The molecule has 0 bridgehead atoms. The van der Waals surface area contributed by atoms with Crippen LogP contribution in [0, 0.1) is 0 Å². The van der Waals surface area contributed by atoms with Crippen molar-refractivity contribution in [2.45, 2.75) is 37.5 Å². The summed E-state index contributed by atoms with van der Waals surface area (Å²) in [6, 6.07) is 4.48. The summed E-state index contributed by atoms with van der Waals surface area (Å²) >= 11 is 0. The van der Waals surface area contributed by atoms with Gasteiger partial charge < -0.3 is 10.2 Å². The van der Waals surface area contributed by atoms with E-state index in [1.165, 1.54) is 12.1 Å². The smallest absolute Gasteiger partial charge is 0.347 e. The molecule has 1 N–H and O–H groups in total. The Morgan fingerprint density at radius 1 is 1.23 bits per heavy atom. The Morgan fingerprint density at radius 2 is 1.91 bits per heavy atom. The highest BCUT2D eigenvalue weighted by Gasteiger charge is 2.40. The molecule has 118 valence electrons. The Bertz CT molecular complexity index is 611. The first-order valence-electron chi connectivity index (χ1n) is 7.13. The number of alkyl halides is 3. The van der Waals surface area contributed by atoms with Gasteiger partial charge in [0, 0.05) is 19.0 Å². The number of halogens is 3. The van der Waals surface area contributed by atoms with Crippen molar-refractivity contribution < 1.29 is 22.8 Å². The van der Waals surface area contributed by atoms with Crippen LogP contribution in [-0.2, 0) is 11.0 Å². The predicted octanol–water partition coefficient (Wildman–Crippen LogP) is 2.20. The van der Waals surface area contributed by atoms with Crippen LogP contribution in [0.5, 0.6) is 0 Å². The fourth-order valence-electron chi connectivity index (χ4n) is 2.76. The lowest BCUT2D eigenvalue weighted by Crippen LogP contribution is -2.38. The van der Waals surface area contributed by atoms with Crippen molar-refractivity contribution in [3.63, 3.8) is 0 Å². The second-order valence-electron chi connectivity index (χ2n) is 5.70. The Labute approximate surface area is 125 Å². The van der Waals surface area contributed by atoms with Crippen LogP contribution in [0.25, 0.3) is 0 Å². The van der Waals surface area contributed by atoms with Crippen LogP contribution >= 0.6 is 0 Å². The van der Waals surface area contributed by atoms with Crippen molar-refractivity contribution in [1.82, 2.24) is 10.2 Å². The molecule has 2 fully saturated rings. The van der Waals surface area contributed by atoms with Gasteiger partial charge in [-0.05, 0) is 25.0 Å². The average molecular weight is 312 g/mol. The highest BCUT2D eigenvalue weighted by Crippen LogP contribution is 2.33. The summed E-state index contributed by atoms with van der Waals surface area (Å²) < 4.78 is 38.8. The minimum absolute atomic E-state index is 0.0445. The molecule has 1 saturated heterocycles. The third-order valence-corrected chi connectivity index (χ3v) is 3.96. The summed E-state index contributed by atoms with van der Waals surface area (Å²) in [6.07, 6.45) is -2.51. The molecule has 0 radical (unpaired) electrons. The van der Waals surface area contributed by atoms with Crippen molar-refractivity contribution in [3.8, 4) is 0 Å². The summed E-state index contributed by atoms with van der Waals surface area (Å²) in [4.78, 5) is 25.6. The molecule has 1 aliphatic carbocycles. The van der Waals surface area contributed by atoms with Crippen molar-refractivity contribution in [3.05, 3.63) is 35.4 Å². The maximum Gasteiger partial charge on any atom is 0.417 e. The topological polar surface area (TPSA) is 49.4 Å². The second kappa shape index (κ2) is 5.30. The summed E-state index contributed by atoms with van der Waals surface area (Å²) in [6.45, 7) is 0.378. The molecular formula is C15H15F3N2O2. The molecule has 1 saturated carbocycles. The minimum atomic E-state index is -4.58. The molecule has 1 aliphatic heterocycles. The maximum atomic E-state index is 12.9. The Kier molecular flexibility index (Phi) is 3.58. The molecular weight excluding hydrogens is 297 g/mol. The fraction of sp³-hybridized carbons (Fsp3) is 0.467. The summed E-state index contributed by atoms with van der Waals surface area (Å²) in [5.74, 6) is -0.833. The summed E-state index contributed by atoms with van der Waals surface area (Å²) in [7, 11) is 0. The number of likely N-dealkylation sites (tertiary alicyclic amines) is 1. The van der Waals surface area contributed by atoms with Gasteiger partial charge in [-0.3, -0.25) is 9.59 Å². The van der Waals surface area contributed by atoms with Gasteiger partial charge in [0.2, 0.25) is 5.91 Å². The van der Waals surface area contributed by atoms with E-state index in [1.54, 1.807) is 4.90 Å². The number of hydrogen-bond donors (Lipinski definition) is 1. The van der Waals surface area contributed by atoms with E-state index in [1.807, 2.05) is 0 Å². The van der Waals surface area contributed by atoms with E-state index in [2.05, 4.69) is 5.32 Å². The van der Waals surface area contributed by atoms with Crippen molar-refractivity contribution >= 4 is 11.8 Å².